The van der Waals surface area contributed by atoms with Crippen molar-refractivity contribution in [3.05, 3.63) is 0 Å². The number of hydrogen-bond donors (Lipinski definition) is 1. The largest absolute Gasteiger partial charge is 0.345 e. The highest BCUT2D eigenvalue weighted by atomic mass is 16.2. The maximum Gasteiger partial charge on any atom is 0.345 e. The first-order valence-corrected chi connectivity index (χ1v) is 4.72. The van der Waals surface area contributed by atoms with E-state index in [-0.39, 0.29) is 5.92 Å². The Balaban J connectivity index is 3.00. The molecule has 1 saturated heterocycles. The third kappa shape index (κ3) is 1.99. The molecule has 1 heterocycles. The molecule has 4 amide bonds. The lowest BCUT2D eigenvalue weighted by Crippen LogP contribution is -2.62. The average Bonchev–Trinajstić information content (AvgIpc) is 1.99. The molecular weight excluding hydrogens is 198 g/mol. The maximum absolute atomic E-state index is 11.8. The van der Waals surface area contributed by atoms with Crippen LogP contribution in [0.3, 0.4) is 0 Å². The van der Waals surface area contributed by atoms with Gasteiger partial charge in [-0.15, -0.1) is 0 Å². The van der Waals surface area contributed by atoms with E-state index in [1.807, 2.05) is 0 Å². The van der Waals surface area contributed by atoms with Gasteiger partial charge < -0.3 is 0 Å². The van der Waals surface area contributed by atoms with Gasteiger partial charge in [-0.2, -0.15) is 5.01 Å². The molecule has 0 aliphatic carbocycles. The van der Waals surface area contributed by atoms with Crippen LogP contribution in [0.15, 0.2) is 0 Å². The number of nitrogens with one attached hydrogen (secondary N) is 1. The van der Waals surface area contributed by atoms with Crippen LogP contribution in [0.5, 0.6) is 0 Å². The minimum absolute atomic E-state index is 0.131. The summed E-state index contributed by atoms with van der Waals surface area (Å²) in [5.74, 6) is -1.90. The molecule has 0 aromatic rings. The van der Waals surface area contributed by atoms with E-state index in [0.29, 0.717) is 0 Å². The summed E-state index contributed by atoms with van der Waals surface area (Å²) in [7, 11) is 3.15. The van der Waals surface area contributed by atoms with Crippen LogP contribution in [0.1, 0.15) is 13.8 Å². The summed E-state index contributed by atoms with van der Waals surface area (Å²) < 4.78 is 0. The molecule has 6 heteroatoms. The molecule has 1 rings (SSSR count). The van der Waals surface area contributed by atoms with Crippen molar-refractivity contribution in [2.75, 3.05) is 14.1 Å². The summed E-state index contributed by atoms with van der Waals surface area (Å²) in [4.78, 5) is 34.6. The van der Waals surface area contributed by atoms with Crippen LogP contribution in [-0.4, -0.2) is 42.0 Å². The summed E-state index contributed by atoms with van der Waals surface area (Å²) in [5, 5.41) is 4.46. The topological polar surface area (TPSA) is 69.7 Å². The van der Waals surface area contributed by atoms with E-state index in [4.69, 9.17) is 0 Å². The van der Waals surface area contributed by atoms with E-state index in [0.717, 1.165) is 5.01 Å². The Labute approximate surface area is 88.2 Å². The van der Waals surface area contributed by atoms with Gasteiger partial charge in [0.1, 0.15) is 5.92 Å². The predicted molar refractivity (Wildman–Crippen MR) is 52.4 cm³/mol. The van der Waals surface area contributed by atoms with Gasteiger partial charge in [0.25, 0.3) is 5.91 Å². The number of amides is 4. The van der Waals surface area contributed by atoms with Gasteiger partial charge in [-0.05, 0) is 5.92 Å². The van der Waals surface area contributed by atoms with Crippen molar-refractivity contribution < 1.29 is 14.4 Å². The van der Waals surface area contributed by atoms with Gasteiger partial charge in [0.05, 0.1) is 0 Å². The molecule has 6 nitrogen and oxygen atoms in total. The van der Waals surface area contributed by atoms with E-state index >= 15 is 0 Å². The van der Waals surface area contributed by atoms with Crippen molar-refractivity contribution >= 4 is 17.8 Å². The SMILES string of the molecule is CC(C)C1C(=O)NC(=O)N(N(C)C)C1=O. The van der Waals surface area contributed by atoms with Crippen LogP contribution in [0.4, 0.5) is 4.79 Å². The maximum atomic E-state index is 11.8. The first-order valence-electron chi connectivity index (χ1n) is 4.72. The Bertz CT molecular complexity index is 284. The first-order chi connectivity index (χ1) is 6.86. The van der Waals surface area contributed by atoms with Crippen LogP contribution in [0.25, 0.3) is 0 Å². The minimum atomic E-state index is -0.787. The Morgan fingerprint density at radius 2 is 1.80 bits per heavy atom. The number of imide groups is 2. The van der Waals surface area contributed by atoms with Crippen molar-refractivity contribution in [2.24, 2.45) is 11.8 Å². The zero-order valence-corrected chi connectivity index (χ0v) is 9.27. The van der Waals surface area contributed by atoms with Gasteiger partial charge in [-0.1, -0.05) is 13.8 Å². The third-order valence-corrected chi connectivity index (χ3v) is 2.25. The van der Waals surface area contributed by atoms with Gasteiger partial charge in [0.2, 0.25) is 5.91 Å². The van der Waals surface area contributed by atoms with E-state index < -0.39 is 23.8 Å². The number of carbonyl (C=O) groups is 3. The molecule has 0 aromatic carbocycles. The average molecular weight is 213 g/mol. The number of nitrogens with zero attached hydrogens (tertiary/aromatic N) is 2. The highest BCUT2D eigenvalue weighted by molar-refractivity contribution is 6.15. The van der Waals surface area contributed by atoms with Crippen molar-refractivity contribution in [1.82, 2.24) is 15.3 Å². The Morgan fingerprint density at radius 3 is 2.20 bits per heavy atom. The quantitative estimate of drug-likeness (QED) is 0.646. The van der Waals surface area contributed by atoms with E-state index in [1.165, 1.54) is 5.01 Å². The molecule has 0 saturated carbocycles. The molecule has 1 aliphatic heterocycles. The third-order valence-electron chi connectivity index (χ3n) is 2.25. The minimum Gasteiger partial charge on any atom is -0.276 e. The van der Waals surface area contributed by atoms with Crippen LogP contribution in [-0.2, 0) is 9.59 Å². The van der Waals surface area contributed by atoms with Gasteiger partial charge in [-0.3, -0.25) is 14.9 Å². The molecular formula is C9H15N3O3. The Hall–Kier alpha value is -1.43. The summed E-state index contributed by atoms with van der Waals surface area (Å²) >= 11 is 0. The fraction of sp³-hybridized carbons (Fsp3) is 0.667. The predicted octanol–water partition coefficient (Wildman–Crippen LogP) is -0.186. The normalized spacial score (nSPS) is 22.7. The highest BCUT2D eigenvalue weighted by Gasteiger charge is 2.43. The van der Waals surface area contributed by atoms with Crippen LogP contribution >= 0.6 is 0 Å². The second-order valence-electron chi connectivity index (χ2n) is 4.01. The zero-order chi connectivity index (χ0) is 11.7. The molecule has 1 aliphatic rings. The lowest BCUT2D eigenvalue weighted by Gasteiger charge is -2.34. The lowest BCUT2D eigenvalue weighted by atomic mass is 9.92. The molecule has 0 aromatic heterocycles. The molecule has 15 heavy (non-hydrogen) atoms. The molecule has 0 radical (unpaired) electrons. The first kappa shape index (κ1) is 11.6. The summed E-state index contributed by atoms with van der Waals surface area (Å²) in [6.45, 7) is 3.54. The molecule has 1 fully saturated rings. The van der Waals surface area contributed by atoms with Gasteiger partial charge in [0, 0.05) is 14.1 Å². The van der Waals surface area contributed by atoms with Crippen LogP contribution in [0.2, 0.25) is 0 Å². The zero-order valence-electron chi connectivity index (χ0n) is 9.27. The Kier molecular flexibility index (Phi) is 3.09. The summed E-state index contributed by atoms with van der Waals surface area (Å²) in [5.41, 5.74) is 0. The fourth-order valence-corrected chi connectivity index (χ4v) is 1.55. The number of rotatable bonds is 2. The molecule has 1 unspecified atom stereocenters. The van der Waals surface area contributed by atoms with Crippen LogP contribution in [0, 0.1) is 11.8 Å². The van der Waals surface area contributed by atoms with Gasteiger partial charge in [-0.25, -0.2) is 9.80 Å². The van der Waals surface area contributed by atoms with Crippen molar-refractivity contribution in [1.29, 1.82) is 0 Å². The smallest absolute Gasteiger partial charge is 0.276 e. The molecule has 1 atom stereocenters. The van der Waals surface area contributed by atoms with Gasteiger partial charge >= 0.3 is 6.03 Å². The summed E-state index contributed by atoms with van der Waals surface area (Å²) in [6, 6.07) is -0.688. The second kappa shape index (κ2) is 3.98. The molecule has 0 bridgehead atoms. The van der Waals surface area contributed by atoms with E-state index in [1.54, 1.807) is 27.9 Å². The fourth-order valence-electron chi connectivity index (χ4n) is 1.55. The number of barbiturate groups is 1. The van der Waals surface area contributed by atoms with E-state index in [9.17, 15) is 14.4 Å². The molecule has 1 N–H and O–H groups in total. The monoisotopic (exact) mass is 213 g/mol. The van der Waals surface area contributed by atoms with Crippen molar-refractivity contribution in [3.63, 3.8) is 0 Å². The second-order valence-corrected chi connectivity index (χ2v) is 4.01. The van der Waals surface area contributed by atoms with Crippen molar-refractivity contribution in [3.8, 4) is 0 Å². The molecule has 0 spiro atoms. The number of carbonyl (C=O) groups excluding carboxylic acids is 3. The Morgan fingerprint density at radius 1 is 1.27 bits per heavy atom. The highest BCUT2D eigenvalue weighted by Crippen LogP contribution is 2.19. The molecule has 84 valence electrons. The lowest BCUT2D eigenvalue weighted by molar-refractivity contribution is -0.153. The standard InChI is InChI=1S/C9H15N3O3/c1-5(2)6-7(13)10-9(15)12(8(6)14)11(3)4/h5-6H,1-4H3,(H,10,13,15). The number of urea groups is 1. The van der Waals surface area contributed by atoms with Gasteiger partial charge in [0.15, 0.2) is 0 Å². The number of hydrazine groups is 1. The van der Waals surface area contributed by atoms with Crippen LogP contribution < -0.4 is 5.32 Å². The van der Waals surface area contributed by atoms with E-state index in [2.05, 4.69) is 5.32 Å². The number of hydrogen-bond acceptors (Lipinski definition) is 4. The summed E-state index contributed by atoms with van der Waals surface area (Å²) in [6.07, 6.45) is 0. The van der Waals surface area contributed by atoms with Crippen molar-refractivity contribution in [2.45, 2.75) is 13.8 Å².